The number of hydrogen-bond donors (Lipinski definition) is 1. The number of aryl methyl sites for hydroxylation is 1. The summed E-state index contributed by atoms with van der Waals surface area (Å²) in [5.74, 6) is -0.641. The van der Waals surface area contributed by atoms with Gasteiger partial charge in [0.2, 0.25) is 5.96 Å². The fraction of sp³-hybridized carbons (Fsp3) is 0.231. The molecule has 0 saturated carbocycles. The number of benzene rings is 3. The highest BCUT2D eigenvalue weighted by Crippen LogP contribution is 2.15. The molecule has 170 valence electrons. The summed E-state index contributed by atoms with van der Waals surface area (Å²) in [7, 11) is 0. The van der Waals surface area contributed by atoms with Gasteiger partial charge in [0.15, 0.2) is 0 Å². The SMILES string of the molecule is Cc1ccc(C(=O)NC(=Nc2ccccc2)N2CCN(Cc3cccc(F)c3)CC2)cc1F. The van der Waals surface area contributed by atoms with Crippen molar-refractivity contribution in [3.05, 3.63) is 101 Å². The van der Waals surface area contributed by atoms with Crippen LogP contribution in [0, 0.1) is 18.6 Å². The van der Waals surface area contributed by atoms with Gasteiger partial charge in [-0.25, -0.2) is 13.8 Å². The maximum atomic E-state index is 14.0. The van der Waals surface area contributed by atoms with Gasteiger partial charge in [0.1, 0.15) is 11.6 Å². The summed E-state index contributed by atoms with van der Waals surface area (Å²) in [5.41, 5.74) is 2.36. The first kappa shape index (κ1) is 22.6. The smallest absolute Gasteiger partial charge is 0.258 e. The maximum Gasteiger partial charge on any atom is 0.258 e. The van der Waals surface area contributed by atoms with Crippen LogP contribution in [0.3, 0.4) is 0 Å². The second-order valence-corrected chi connectivity index (χ2v) is 8.08. The summed E-state index contributed by atoms with van der Waals surface area (Å²) in [6, 6.07) is 20.4. The Kier molecular flexibility index (Phi) is 7.10. The monoisotopic (exact) mass is 448 g/mol. The molecule has 0 atom stereocenters. The van der Waals surface area contributed by atoms with Gasteiger partial charge in [0.25, 0.3) is 5.91 Å². The van der Waals surface area contributed by atoms with Crippen molar-refractivity contribution in [3.63, 3.8) is 0 Å². The van der Waals surface area contributed by atoms with Crippen LogP contribution in [0.15, 0.2) is 77.8 Å². The van der Waals surface area contributed by atoms with Gasteiger partial charge in [0, 0.05) is 38.3 Å². The molecule has 33 heavy (non-hydrogen) atoms. The van der Waals surface area contributed by atoms with Gasteiger partial charge in [-0.05, 0) is 54.4 Å². The largest absolute Gasteiger partial charge is 0.340 e. The summed E-state index contributed by atoms with van der Waals surface area (Å²) in [4.78, 5) is 21.8. The number of hydrogen-bond acceptors (Lipinski definition) is 3. The van der Waals surface area contributed by atoms with Gasteiger partial charge in [-0.3, -0.25) is 15.0 Å². The fourth-order valence-corrected chi connectivity index (χ4v) is 3.72. The van der Waals surface area contributed by atoms with Crippen molar-refractivity contribution in [1.29, 1.82) is 0 Å². The predicted octanol–water partition coefficient (Wildman–Crippen LogP) is 4.51. The van der Waals surface area contributed by atoms with Gasteiger partial charge in [-0.15, -0.1) is 0 Å². The van der Waals surface area contributed by atoms with Gasteiger partial charge < -0.3 is 4.90 Å². The maximum absolute atomic E-state index is 14.0. The van der Waals surface area contributed by atoms with Crippen LogP contribution in [0.1, 0.15) is 21.5 Å². The Morgan fingerprint density at radius 1 is 0.939 bits per heavy atom. The number of guanidine groups is 1. The van der Waals surface area contributed by atoms with E-state index in [0.29, 0.717) is 36.8 Å². The Morgan fingerprint density at radius 2 is 1.70 bits per heavy atom. The lowest BCUT2D eigenvalue weighted by atomic mass is 10.1. The standard InChI is InChI=1S/C26H26F2N4O/c1-19-10-11-21(17-24(19)28)25(33)30-26(29-23-8-3-2-4-9-23)32-14-12-31(13-15-32)18-20-6-5-7-22(27)16-20/h2-11,16-17H,12-15,18H2,1H3,(H,29,30,33). The van der Waals surface area contributed by atoms with E-state index >= 15 is 0 Å². The number of nitrogens with zero attached hydrogens (tertiary/aromatic N) is 3. The molecule has 1 N–H and O–H groups in total. The quantitative estimate of drug-likeness (QED) is 0.472. The lowest BCUT2D eigenvalue weighted by molar-refractivity contribution is 0.0967. The Hall–Kier alpha value is -3.58. The number of halogens is 2. The van der Waals surface area contributed by atoms with Crippen LogP contribution in [-0.4, -0.2) is 47.8 Å². The molecule has 1 aliphatic heterocycles. The van der Waals surface area contributed by atoms with Crippen LogP contribution in [0.4, 0.5) is 14.5 Å². The van der Waals surface area contributed by atoms with E-state index in [9.17, 15) is 13.6 Å². The van der Waals surface area contributed by atoms with E-state index in [1.807, 2.05) is 41.3 Å². The molecule has 0 aliphatic carbocycles. The van der Waals surface area contributed by atoms with Gasteiger partial charge in [-0.1, -0.05) is 36.4 Å². The molecule has 1 heterocycles. The molecule has 0 radical (unpaired) electrons. The van der Waals surface area contributed by atoms with Gasteiger partial charge in [0.05, 0.1) is 5.69 Å². The molecule has 7 heteroatoms. The summed E-state index contributed by atoms with van der Waals surface area (Å²) < 4.78 is 27.5. The van der Waals surface area contributed by atoms with Crippen LogP contribution in [0.25, 0.3) is 0 Å². The van der Waals surface area contributed by atoms with E-state index in [1.165, 1.54) is 12.1 Å². The average molecular weight is 449 g/mol. The highest BCUT2D eigenvalue weighted by atomic mass is 19.1. The van der Waals surface area contributed by atoms with Crippen LogP contribution >= 0.6 is 0 Å². The minimum Gasteiger partial charge on any atom is -0.340 e. The Labute approximate surface area is 192 Å². The molecular formula is C26H26F2N4O. The number of aliphatic imine (C=N–C) groups is 1. The minimum absolute atomic E-state index is 0.237. The molecule has 1 fully saturated rings. The molecule has 1 saturated heterocycles. The van der Waals surface area contributed by atoms with E-state index in [1.54, 1.807) is 31.2 Å². The number of para-hydroxylation sites is 1. The molecule has 0 unspecified atom stereocenters. The molecule has 0 spiro atoms. The minimum atomic E-state index is -0.421. The first-order valence-electron chi connectivity index (χ1n) is 10.9. The number of carbonyl (C=O) groups is 1. The zero-order valence-corrected chi connectivity index (χ0v) is 18.5. The number of nitrogens with one attached hydrogen (secondary N) is 1. The van der Waals surface area contributed by atoms with Crippen LogP contribution < -0.4 is 5.32 Å². The predicted molar refractivity (Wildman–Crippen MR) is 125 cm³/mol. The average Bonchev–Trinajstić information content (AvgIpc) is 2.81. The third-order valence-electron chi connectivity index (χ3n) is 5.62. The molecule has 4 rings (SSSR count). The normalized spacial score (nSPS) is 14.9. The van der Waals surface area contributed by atoms with E-state index in [0.717, 1.165) is 18.7 Å². The van der Waals surface area contributed by atoms with Crippen LogP contribution in [0.5, 0.6) is 0 Å². The fourth-order valence-electron chi connectivity index (χ4n) is 3.72. The molecule has 0 bridgehead atoms. The second-order valence-electron chi connectivity index (χ2n) is 8.08. The van der Waals surface area contributed by atoms with Gasteiger partial charge >= 0.3 is 0 Å². The molecule has 3 aromatic rings. The van der Waals surface area contributed by atoms with E-state index in [4.69, 9.17) is 0 Å². The zero-order chi connectivity index (χ0) is 23.2. The van der Waals surface area contributed by atoms with Crippen molar-refractivity contribution in [2.45, 2.75) is 13.5 Å². The van der Waals surface area contributed by atoms with Crippen molar-refractivity contribution in [3.8, 4) is 0 Å². The van der Waals surface area contributed by atoms with Crippen molar-refractivity contribution in [2.24, 2.45) is 4.99 Å². The summed E-state index contributed by atoms with van der Waals surface area (Å²) in [6.45, 7) is 5.07. The molecule has 1 aliphatic rings. The molecule has 3 aromatic carbocycles. The van der Waals surface area contributed by atoms with E-state index in [2.05, 4.69) is 15.2 Å². The number of piperazine rings is 1. The Morgan fingerprint density at radius 3 is 2.39 bits per heavy atom. The number of amides is 1. The first-order chi connectivity index (χ1) is 16.0. The molecule has 5 nitrogen and oxygen atoms in total. The lowest BCUT2D eigenvalue weighted by Crippen LogP contribution is -2.53. The first-order valence-corrected chi connectivity index (χ1v) is 10.9. The van der Waals surface area contributed by atoms with Crippen LogP contribution in [-0.2, 0) is 6.54 Å². The number of carbonyl (C=O) groups excluding carboxylic acids is 1. The van der Waals surface area contributed by atoms with Crippen molar-refractivity contribution >= 4 is 17.6 Å². The summed E-state index contributed by atoms with van der Waals surface area (Å²) in [5, 5.41) is 2.87. The third-order valence-corrected chi connectivity index (χ3v) is 5.62. The third kappa shape index (κ3) is 6.02. The molecule has 0 aromatic heterocycles. The number of rotatable bonds is 4. The van der Waals surface area contributed by atoms with Crippen molar-refractivity contribution in [2.75, 3.05) is 26.2 Å². The highest BCUT2D eigenvalue weighted by molar-refractivity contribution is 6.06. The van der Waals surface area contributed by atoms with Crippen molar-refractivity contribution in [1.82, 2.24) is 15.1 Å². The Bertz CT molecular complexity index is 1140. The van der Waals surface area contributed by atoms with E-state index in [-0.39, 0.29) is 11.4 Å². The second kappa shape index (κ2) is 10.4. The molecule has 1 amide bonds. The summed E-state index contributed by atoms with van der Waals surface area (Å²) in [6.07, 6.45) is 0. The van der Waals surface area contributed by atoms with Crippen LogP contribution in [0.2, 0.25) is 0 Å². The molecular weight excluding hydrogens is 422 g/mol. The topological polar surface area (TPSA) is 47.9 Å². The lowest BCUT2D eigenvalue weighted by Gasteiger charge is -2.36. The zero-order valence-electron chi connectivity index (χ0n) is 18.5. The summed E-state index contributed by atoms with van der Waals surface area (Å²) >= 11 is 0. The van der Waals surface area contributed by atoms with Crippen molar-refractivity contribution < 1.29 is 13.6 Å². The van der Waals surface area contributed by atoms with Gasteiger partial charge in [-0.2, -0.15) is 0 Å². The Balaban J connectivity index is 1.48. The highest BCUT2D eigenvalue weighted by Gasteiger charge is 2.22. The van der Waals surface area contributed by atoms with E-state index < -0.39 is 11.7 Å².